The number of hydrogen-bond donors (Lipinski definition) is 2. The fraction of sp³-hybridized carbons (Fsp3) is 0.417. The summed E-state index contributed by atoms with van der Waals surface area (Å²) in [6.45, 7) is 0. The molecule has 2 rings (SSSR count). The summed E-state index contributed by atoms with van der Waals surface area (Å²) in [5.74, 6) is -1.79. The van der Waals surface area contributed by atoms with Crippen LogP contribution in [0.25, 0.3) is 0 Å². The molecule has 1 aromatic rings. The summed E-state index contributed by atoms with van der Waals surface area (Å²) in [5, 5.41) is 11.9. The first kappa shape index (κ1) is 14.3. The fourth-order valence-corrected chi connectivity index (χ4v) is 2.78. The van der Waals surface area contributed by atoms with Crippen LogP contribution in [-0.4, -0.2) is 28.0 Å². The highest BCUT2D eigenvalue weighted by atomic mass is 79.9. The van der Waals surface area contributed by atoms with Crippen molar-refractivity contribution in [3.8, 4) is 0 Å². The summed E-state index contributed by atoms with van der Waals surface area (Å²) in [5.41, 5.74) is 0.243. The molecule has 0 aromatic carbocycles. The average molecular weight is 348 g/mol. The number of pyridine rings is 1. The van der Waals surface area contributed by atoms with Crippen molar-refractivity contribution in [3.63, 3.8) is 0 Å². The molecule has 0 bridgehead atoms. The molecule has 2 unspecified atom stereocenters. The molecule has 19 heavy (non-hydrogen) atoms. The van der Waals surface area contributed by atoms with E-state index in [-0.39, 0.29) is 16.8 Å². The van der Waals surface area contributed by atoms with Gasteiger partial charge in [-0.3, -0.25) is 9.59 Å². The molecule has 1 amide bonds. The third-order valence-electron chi connectivity index (χ3n) is 3.20. The Hall–Kier alpha value is -1.14. The maximum absolute atomic E-state index is 12.1. The lowest BCUT2D eigenvalue weighted by Gasteiger charge is -2.17. The third kappa shape index (κ3) is 3.25. The van der Waals surface area contributed by atoms with Gasteiger partial charge >= 0.3 is 5.97 Å². The van der Waals surface area contributed by atoms with Crippen molar-refractivity contribution in [2.45, 2.75) is 25.3 Å². The maximum Gasteiger partial charge on any atom is 0.308 e. The van der Waals surface area contributed by atoms with Gasteiger partial charge in [-0.15, -0.1) is 0 Å². The molecule has 1 heterocycles. The zero-order chi connectivity index (χ0) is 14.0. The van der Waals surface area contributed by atoms with Gasteiger partial charge < -0.3 is 10.4 Å². The average Bonchev–Trinajstić information content (AvgIpc) is 2.80. The number of halogens is 2. The van der Waals surface area contributed by atoms with Gasteiger partial charge in [0.25, 0.3) is 5.91 Å². The number of hydrogen-bond acceptors (Lipinski definition) is 3. The summed E-state index contributed by atoms with van der Waals surface area (Å²) in [6.07, 6.45) is 3.55. The van der Waals surface area contributed by atoms with Crippen molar-refractivity contribution in [1.29, 1.82) is 0 Å². The molecule has 1 saturated carbocycles. The minimum absolute atomic E-state index is 0.102. The van der Waals surface area contributed by atoms with Crippen LogP contribution in [0.2, 0.25) is 5.15 Å². The van der Waals surface area contributed by atoms with E-state index in [1.54, 1.807) is 6.07 Å². The molecule has 1 aliphatic rings. The van der Waals surface area contributed by atoms with E-state index in [2.05, 4.69) is 26.2 Å². The lowest BCUT2D eigenvalue weighted by Crippen LogP contribution is -2.40. The highest BCUT2D eigenvalue weighted by molar-refractivity contribution is 9.10. The summed E-state index contributed by atoms with van der Waals surface area (Å²) < 4.78 is 0.642. The second-order valence-electron chi connectivity index (χ2n) is 4.45. The number of nitrogens with zero attached hydrogens (tertiary/aromatic N) is 1. The van der Waals surface area contributed by atoms with Gasteiger partial charge in [-0.25, -0.2) is 4.98 Å². The minimum atomic E-state index is -0.874. The molecular weight excluding hydrogens is 336 g/mol. The number of rotatable bonds is 3. The molecule has 2 atom stereocenters. The van der Waals surface area contributed by atoms with Gasteiger partial charge in [0.1, 0.15) is 5.15 Å². The first-order chi connectivity index (χ1) is 8.99. The number of carboxylic acids is 1. The van der Waals surface area contributed by atoms with Crippen LogP contribution in [0.4, 0.5) is 0 Å². The molecular formula is C12H12BrClN2O3. The minimum Gasteiger partial charge on any atom is -0.481 e. The maximum atomic E-state index is 12.1. The Morgan fingerprint density at radius 3 is 2.89 bits per heavy atom. The van der Waals surface area contributed by atoms with Gasteiger partial charge in [0, 0.05) is 16.7 Å². The summed E-state index contributed by atoms with van der Waals surface area (Å²) in [6, 6.07) is 1.22. The molecule has 1 aliphatic carbocycles. The Balaban J connectivity index is 2.12. The fourth-order valence-electron chi connectivity index (χ4n) is 2.26. The van der Waals surface area contributed by atoms with Gasteiger partial charge in [0.2, 0.25) is 0 Å². The number of carbonyl (C=O) groups is 2. The van der Waals surface area contributed by atoms with Crippen molar-refractivity contribution < 1.29 is 14.7 Å². The van der Waals surface area contributed by atoms with E-state index >= 15 is 0 Å². The predicted octanol–water partition coefficient (Wildman–Crippen LogP) is 2.48. The lowest BCUT2D eigenvalue weighted by atomic mass is 10.0. The van der Waals surface area contributed by atoms with E-state index in [1.807, 2.05) is 0 Å². The molecule has 2 N–H and O–H groups in total. The van der Waals surface area contributed by atoms with Crippen LogP contribution < -0.4 is 5.32 Å². The Labute approximate surface area is 123 Å². The van der Waals surface area contributed by atoms with Gasteiger partial charge in [0.15, 0.2) is 0 Å². The number of carboxylic acid groups (broad SMARTS) is 1. The summed E-state index contributed by atoms with van der Waals surface area (Å²) in [4.78, 5) is 27.0. The smallest absolute Gasteiger partial charge is 0.308 e. The first-order valence-corrected chi connectivity index (χ1v) is 7.01. The van der Waals surface area contributed by atoms with Crippen LogP contribution >= 0.6 is 27.5 Å². The second-order valence-corrected chi connectivity index (χ2v) is 5.72. The van der Waals surface area contributed by atoms with Crippen LogP contribution in [0, 0.1) is 5.92 Å². The van der Waals surface area contributed by atoms with E-state index in [9.17, 15) is 9.59 Å². The van der Waals surface area contributed by atoms with E-state index < -0.39 is 17.8 Å². The monoisotopic (exact) mass is 346 g/mol. The zero-order valence-electron chi connectivity index (χ0n) is 9.90. The summed E-state index contributed by atoms with van der Waals surface area (Å²) >= 11 is 9.08. The van der Waals surface area contributed by atoms with Crippen LogP contribution in [0.5, 0.6) is 0 Å². The van der Waals surface area contributed by atoms with Gasteiger partial charge in [-0.05, 0) is 34.8 Å². The van der Waals surface area contributed by atoms with Crippen LogP contribution in [0.3, 0.4) is 0 Å². The highest BCUT2D eigenvalue weighted by Crippen LogP contribution is 2.26. The second kappa shape index (κ2) is 5.88. The number of carbonyl (C=O) groups excluding carboxylic acids is 1. The van der Waals surface area contributed by atoms with Crippen LogP contribution in [-0.2, 0) is 4.79 Å². The Kier molecular flexibility index (Phi) is 4.42. The first-order valence-electron chi connectivity index (χ1n) is 5.83. The van der Waals surface area contributed by atoms with Crippen LogP contribution in [0.15, 0.2) is 16.7 Å². The Morgan fingerprint density at radius 2 is 2.21 bits per heavy atom. The van der Waals surface area contributed by atoms with Crippen molar-refractivity contribution >= 4 is 39.4 Å². The van der Waals surface area contributed by atoms with E-state index in [4.69, 9.17) is 16.7 Å². The normalized spacial score (nSPS) is 22.2. The van der Waals surface area contributed by atoms with Crippen molar-refractivity contribution in [2.75, 3.05) is 0 Å². The molecule has 5 nitrogen and oxygen atoms in total. The number of amides is 1. The van der Waals surface area contributed by atoms with Gasteiger partial charge in [-0.2, -0.15) is 0 Å². The SMILES string of the molecule is O=C(NC1CCCC1C(=O)O)c1cc(Br)cnc1Cl. The van der Waals surface area contributed by atoms with Crippen molar-refractivity contribution in [1.82, 2.24) is 10.3 Å². The molecule has 7 heteroatoms. The lowest BCUT2D eigenvalue weighted by molar-refractivity contribution is -0.142. The van der Waals surface area contributed by atoms with E-state index in [0.29, 0.717) is 17.3 Å². The number of aliphatic carboxylic acids is 1. The highest BCUT2D eigenvalue weighted by Gasteiger charge is 2.34. The molecule has 0 aliphatic heterocycles. The number of aromatic nitrogens is 1. The van der Waals surface area contributed by atoms with Crippen molar-refractivity contribution in [3.05, 3.63) is 27.5 Å². The topological polar surface area (TPSA) is 79.3 Å². The molecule has 102 valence electrons. The quantitative estimate of drug-likeness (QED) is 0.823. The molecule has 0 radical (unpaired) electrons. The Bertz CT molecular complexity index is 524. The van der Waals surface area contributed by atoms with Crippen molar-refractivity contribution in [2.24, 2.45) is 5.92 Å². The largest absolute Gasteiger partial charge is 0.481 e. The predicted molar refractivity (Wildman–Crippen MR) is 73.2 cm³/mol. The van der Waals surface area contributed by atoms with Gasteiger partial charge in [-0.1, -0.05) is 18.0 Å². The third-order valence-corrected chi connectivity index (χ3v) is 3.93. The molecule has 1 aromatic heterocycles. The standard InChI is InChI=1S/C12H12BrClN2O3/c13-6-4-8(10(14)15-5-6)11(17)16-9-3-1-2-7(9)12(18)19/h4-5,7,9H,1-3H2,(H,16,17)(H,18,19). The summed E-state index contributed by atoms with van der Waals surface area (Å²) in [7, 11) is 0. The Morgan fingerprint density at radius 1 is 1.47 bits per heavy atom. The number of nitrogens with one attached hydrogen (secondary N) is 1. The zero-order valence-corrected chi connectivity index (χ0v) is 12.2. The van der Waals surface area contributed by atoms with E-state index in [1.165, 1.54) is 6.20 Å². The molecule has 1 fully saturated rings. The van der Waals surface area contributed by atoms with Crippen LogP contribution in [0.1, 0.15) is 29.6 Å². The molecule has 0 saturated heterocycles. The van der Waals surface area contributed by atoms with Gasteiger partial charge in [0.05, 0.1) is 11.5 Å². The molecule has 0 spiro atoms. The van der Waals surface area contributed by atoms with E-state index in [0.717, 1.165) is 6.42 Å².